The van der Waals surface area contributed by atoms with E-state index in [9.17, 15) is 13.2 Å². The minimum Gasteiger partial charge on any atom is -0.381 e. The molecule has 1 aromatic heterocycles. The summed E-state index contributed by atoms with van der Waals surface area (Å²) in [6, 6.07) is 1.28. The average molecular weight is 340 g/mol. The predicted octanol–water partition coefficient (Wildman–Crippen LogP) is 2.47. The molecule has 0 aliphatic heterocycles. The number of rotatable bonds is 8. The SMILES string of the molecule is CC(C)COCCCNC(=O)c1csc(S(=O)(=O)Cl)c1. The van der Waals surface area contributed by atoms with Gasteiger partial charge in [-0.05, 0) is 18.4 Å². The first-order valence-corrected chi connectivity index (χ1v) is 9.38. The molecule has 0 bridgehead atoms. The van der Waals surface area contributed by atoms with Crippen LogP contribution in [0.5, 0.6) is 0 Å². The molecule has 1 N–H and O–H groups in total. The van der Waals surface area contributed by atoms with Gasteiger partial charge in [0.1, 0.15) is 4.21 Å². The van der Waals surface area contributed by atoms with E-state index in [1.165, 1.54) is 11.4 Å². The van der Waals surface area contributed by atoms with Crippen LogP contribution >= 0.6 is 22.0 Å². The molecule has 1 heterocycles. The number of nitrogens with one attached hydrogen (secondary N) is 1. The molecule has 0 radical (unpaired) electrons. The predicted molar refractivity (Wildman–Crippen MR) is 80.0 cm³/mol. The van der Waals surface area contributed by atoms with Crippen LogP contribution in [0.3, 0.4) is 0 Å². The fourth-order valence-corrected chi connectivity index (χ4v) is 3.31. The first-order chi connectivity index (χ1) is 9.30. The lowest BCUT2D eigenvalue weighted by Gasteiger charge is -2.07. The molecule has 20 heavy (non-hydrogen) atoms. The van der Waals surface area contributed by atoms with Gasteiger partial charge in [0.2, 0.25) is 0 Å². The summed E-state index contributed by atoms with van der Waals surface area (Å²) < 4.78 is 27.5. The second kappa shape index (κ2) is 7.97. The maximum atomic E-state index is 11.7. The van der Waals surface area contributed by atoms with Gasteiger partial charge in [-0.25, -0.2) is 8.42 Å². The van der Waals surface area contributed by atoms with Crippen molar-refractivity contribution >= 4 is 37.0 Å². The monoisotopic (exact) mass is 339 g/mol. The van der Waals surface area contributed by atoms with Gasteiger partial charge in [-0.15, -0.1) is 11.3 Å². The summed E-state index contributed by atoms with van der Waals surface area (Å²) in [5, 5.41) is 4.17. The van der Waals surface area contributed by atoms with Crippen LogP contribution in [0.25, 0.3) is 0 Å². The fourth-order valence-electron chi connectivity index (χ4n) is 1.36. The van der Waals surface area contributed by atoms with Crippen LogP contribution in [0.1, 0.15) is 30.6 Å². The van der Waals surface area contributed by atoms with Crippen LogP contribution in [0, 0.1) is 5.92 Å². The molecule has 0 unspecified atom stereocenters. The Kier molecular flexibility index (Phi) is 6.94. The smallest absolute Gasteiger partial charge is 0.270 e. The lowest BCUT2D eigenvalue weighted by Crippen LogP contribution is -2.25. The van der Waals surface area contributed by atoms with Crippen LogP contribution in [0.15, 0.2) is 15.7 Å². The van der Waals surface area contributed by atoms with Crippen molar-refractivity contribution in [1.29, 1.82) is 0 Å². The Morgan fingerprint density at radius 2 is 2.20 bits per heavy atom. The molecule has 0 fully saturated rings. The number of carbonyl (C=O) groups excluding carboxylic acids is 1. The van der Waals surface area contributed by atoms with Gasteiger partial charge in [0.15, 0.2) is 0 Å². The van der Waals surface area contributed by atoms with Crippen molar-refractivity contribution in [3.8, 4) is 0 Å². The quantitative estimate of drug-likeness (QED) is 0.583. The van der Waals surface area contributed by atoms with Crippen LogP contribution in [0.4, 0.5) is 0 Å². The summed E-state index contributed by atoms with van der Waals surface area (Å²) in [7, 11) is 1.43. The third-order valence-corrected chi connectivity index (χ3v) is 5.32. The zero-order valence-corrected chi connectivity index (χ0v) is 13.8. The van der Waals surface area contributed by atoms with Gasteiger partial charge in [0, 0.05) is 35.8 Å². The van der Waals surface area contributed by atoms with Gasteiger partial charge in [-0.2, -0.15) is 0 Å². The summed E-state index contributed by atoms with van der Waals surface area (Å²) in [6.07, 6.45) is 0.712. The maximum Gasteiger partial charge on any atom is 0.270 e. The van der Waals surface area contributed by atoms with E-state index in [2.05, 4.69) is 19.2 Å². The van der Waals surface area contributed by atoms with Crippen LogP contribution < -0.4 is 5.32 Å². The van der Waals surface area contributed by atoms with E-state index in [-0.39, 0.29) is 10.1 Å². The summed E-state index contributed by atoms with van der Waals surface area (Å²) in [5.41, 5.74) is 0.303. The van der Waals surface area contributed by atoms with Gasteiger partial charge in [0.05, 0.1) is 5.56 Å². The summed E-state index contributed by atoms with van der Waals surface area (Å²) in [5.74, 6) is 0.183. The molecule has 0 aliphatic carbocycles. The van der Waals surface area contributed by atoms with E-state index in [0.717, 1.165) is 11.3 Å². The third-order valence-electron chi connectivity index (χ3n) is 2.28. The standard InChI is InChI=1S/C12H18ClNO4S2/c1-9(2)7-18-5-3-4-14-12(15)10-6-11(19-8-10)20(13,16)17/h6,8-9H,3-5,7H2,1-2H3,(H,14,15). The Morgan fingerprint density at radius 3 is 2.75 bits per heavy atom. The highest BCUT2D eigenvalue weighted by Gasteiger charge is 2.16. The number of thiophene rings is 1. The summed E-state index contributed by atoms with van der Waals surface area (Å²) in [6.45, 7) is 5.91. The van der Waals surface area contributed by atoms with Gasteiger partial charge >= 0.3 is 0 Å². The van der Waals surface area contributed by atoms with Crippen LogP contribution in [0.2, 0.25) is 0 Å². The molecule has 0 saturated carbocycles. The summed E-state index contributed by atoms with van der Waals surface area (Å²) in [4.78, 5) is 11.7. The topological polar surface area (TPSA) is 72.5 Å². The minimum absolute atomic E-state index is 0.0235. The van der Waals surface area contributed by atoms with E-state index in [4.69, 9.17) is 15.4 Å². The highest BCUT2D eigenvalue weighted by Crippen LogP contribution is 2.23. The summed E-state index contributed by atoms with van der Waals surface area (Å²) >= 11 is 0.930. The van der Waals surface area contributed by atoms with Crippen molar-refractivity contribution in [1.82, 2.24) is 5.32 Å². The number of hydrogen-bond acceptors (Lipinski definition) is 5. The first kappa shape index (κ1) is 17.4. The molecule has 0 aromatic carbocycles. The van der Waals surface area contributed by atoms with E-state index in [1.54, 1.807) is 0 Å². The van der Waals surface area contributed by atoms with Crippen LogP contribution in [-0.4, -0.2) is 34.1 Å². The molecule has 1 amide bonds. The van der Waals surface area contributed by atoms with Crippen molar-refractivity contribution in [2.24, 2.45) is 5.92 Å². The van der Waals surface area contributed by atoms with Crippen molar-refractivity contribution in [2.45, 2.75) is 24.5 Å². The zero-order valence-electron chi connectivity index (χ0n) is 11.4. The highest BCUT2D eigenvalue weighted by molar-refractivity contribution is 8.15. The molecule has 0 atom stereocenters. The molecule has 5 nitrogen and oxygen atoms in total. The van der Waals surface area contributed by atoms with Crippen molar-refractivity contribution in [2.75, 3.05) is 19.8 Å². The molecular weight excluding hydrogens is 322 g/mol. The molecular formula is C12H18ClNO4S2. The molecule has 1 aromatic rings. The van der Waals surface area contributed by atoms with Crippen molar-refractivity contribution in [3.63, 3.8) is 0 Å². The minimum atomic E-state index is -3.77. The van der Waals surface area contributed by atoms with E-state index < -0.39 is 9.05 Å². The zero-order chi connectivity index (χ0) is 15.2. The molecule has 0 saturated heterocycles. The Labute approximate surface area is 127 Å². The van der Waals surface area contributed by atoms with E-state index in [1.807, 2.05) is 0 Å². The highest BCUT2D eigenvalue weighted by atomic mass is 35.7. The van der Waals surface area contributed by atoms with Gasteiger partial charge in [-0.3, -0.25) is 4.79 Å². The maximum absolute atomic E-state index is 11.7. The molecule has 114 valence electrons. The fraction of sp³-hybridized carbons (Fsp3) is 0.583. The lowest BCUT2D eigenvalue weighted by molar-refractivity contribution is 0.0925. The van der Waals surface area contributed by atoms with Gasteiger partial charge in [-0.1, -0.05) is 13.8 Å². The number of halogens is 1. The number of amides is 1. The Morgan fingerprint density at radius 1 is 1.50 bits per heavy atom. The van der Waals surface area contributed by atoms with Crippen molar-refractivity contribution in [3.05, 3.63) is 17.0 Å². The van der Waals surface area contributed by atoms with Crippen LogP contribution in [-0.2, 0) is 13.8 Å². The van der Waals surface area contributed by atoms with E-state index >= 15 is 0 Å². The van der Waals surface area contributed by atoms with E-state index in [0.29, 0.717) is 37.7 Å². The third kappa shape index (κ3) is 6.21. The Balaban J connectivity index is 2.31. The number of hydrogen-bond donors (Lipinski definition) is 1. The molecule has 0 spiro atoms. The molecule has 8 heteroatoms. The van der Waals surface area contributed by atoms with Gasteiger partial charge in [0.25, 0.3) is 15.0 Å². The largest absolute Gasteiger partial charge is 0.381 e. The number of carbonyl (C=O) groups is 1. The molecule has 0 aliphatic rings. The lowest BCUT2D eigenvalue weighted by atomic mass is 10.2. The average Bonchev–Trinajstić information content (AvgIpc) is 2.82. The Hall–Kier alpha value is -0.630. The second-order valence-electron chi connectivity index (χ2n) is 4.67. The van der Waals surface area contributed by atoms with Crippen molar-refractivity contribution < 1.29 is 17.9 Å². The normalized spacial score (nSPS) is 11.8. The first-order valence-electron chi connectivity index (χ1n) is 6.20. The second-order valence-corrected chi connectivity index (χ2v) is 8.37. The van der Waals surface area contributed by atoms with Gasteiger partial charge < -0.3 is 10.1 Å². The Bertz CT molecular complexity index is 539. The number of ether oxygens (including phenoxy) is 1. The molecule has 1 rings (SSSR count).